The largest absolute Gasteiger partial charge is 0.222 e. The third-order valence-corrected chi connectivity index (χ3v) is 4.41. The Morgan fingerprint density at radius 2 is 1.67 bits per heavy atom. The Morgan fingerprint density at radius 3 is 2.44 bits per heavy atom. The van der Waals surface area contributed by atoms with E-state index in [1.165, 1.54) is 5.57 Å². The van der Waals surface area contributed by atoms with Crippen molar-refractivity contribution in [2.24, 2.45) is 14.0 Å². The molecule has 0 unspecified atom stereocenters. The van der Waals surface area contributed by atoms with Crippen LogP contribution in [0.1, 0.15) is 27.7 Å². The molecule has 0 amide bonds. The van der Waals surface area contributed by atoms with Gasteiger partial charge in [0.2, 0.25) is 0 Å². The zero-order chi connectivity index (χ0) is 13.2. The Hall–Kier alpha value is -0.770. The first-order valence-corrected chi connectivity index (χ1v) is 8.43. The van der Waals surface area contributed by atoms with Gasteiger partial charge in [0.1, 0.15) is 0 Å². The molecule has 18 heavy (non-hydrogen) atoms. The van der Waals surface area contributed by atoms with Crippen molar-refractivity contribution < 1.29 is 0 Å². The lowest BCUT2D eigenvalue weighted by atomic mass is 9.88. The lowest BCUT2D eigenvalue weighted by Crippen LogP contribution is -2.05. The molecule has 2 heteroatoms. The van der Waals surface area contributed by atoms with Crippen LogP contribution in [0.25, 0.3) is 0 Å². The first-order valence-electron chi connectivity index (χ1n) is 6.21. The molecule has 0 fully saturated rings. The van der Waals surface area contributed by atoms with E-state index in [1.54, 1.807) is 0 Å². The number of hydrogen-bond donors (Lipinski definition) is 0. The molecule has 96 valence electrons. The van der Waals surface area contributed by atoms with Gasteiger partial charge in [-0.25, -0.2) is 3.15 Å². The average Bonchev–Trinajstić information content (AvgIpc) is 2.53. The van der Waals surface area contributed by atoms with Crippen molar-refractivity contribution in [2.75, 3.05) is 0 Å². The van der Waals surface area contributed by atoms with Crippen LogP contribution in [0.2, 0.25) is 0 Å². The van der Waals surface area contributed by atoms with Crippen molar-refractivity contribution in [3.05, 3.63) is 57.9 Å². The van der Waals surface area contributed by atoms with E-state index in [4.69, 9.17) is 3.15 Å². The van der Waals surface area contributed by atoms with E-state index in [0.717, 1.165) is 5.70 Å². The SMILES string of the molecule is CC1(C)C=CC=CC(C2=CC(C)(C)C=CI=N2)=C1. The summed E-state index contributed by atoms with van der Waals surface area (Å²) < 4.78 is 7.04. The van der Waals surface area contributed by atoms with Crippen LogP contribution >= 0.6 is 21.0 Å². The molecule has 2 aliphatic rings. The number of halogens is 1. The van der Waals surface area contributed by atoms with Gasteiger partial charge in [-0.1, -0.05) is 64.2 Å². The fourth-order valence-corrected chi connectivity index (χ4v) is 3.91. The summed E-state index contributed by atoms with van der Waals surface area (Å²) in [6.07, 6.45) is 15.5. The molecule has 0 aromatic rings. The smallest absolute Gasteiger partial charge is 0.0729 e. The third-order valence-electron chi connectivity index (χ3n) is 2.93. The van der Waals surface area contributed by atoms with Gasteiger partial charge in [0.05, 0.1) is 5.70 Å². The van der Waals surface area contributed by atoms with E-state index < -0.39 is 0 Å². The monoisotopic (exact) mass is 353 g/mol. The molecular weight excluding hydrogens is 333 g/mol. The van der Waals surface area contributed by atoms with Crippen molar-refractivity contribution in [3.63, 3.8) is 0 Å². The van der Waals surface area contributed by atoms with Crippen LogP contribution in [0, 0.1) is 10.8 Å². The maximum Gasteiger partial charge on any atom is 0.0729 e. The molecule has 0 saturated carbocycles. The van der Waals surface area contributed by atoms with E-state index in [1.807, 2.05) is 0 Å². The standard InChI is InChI=1S/C16H20IN/c1-15(2)8-6-5-7-13(11-15)14-12-16(3,4)9-10-17-18-14/h5-12H,1-4H3. The molecule has 1 nitrogen and oxygen atoms in total. The summed E-state index contributed by atoms with van der Waals surface area (Å²) in [5, 5.41) is 0. The Morgan fingerprint density at radius 1 is 0.944 bits per heavy atom. The van der Waals surface area contributed by atoms with E-state index in [2.05, 4.69) is 74.3 Å². The average molecular weight is 353 g/mol. The van der Waals surface area contributed by atoms with Gasteiger partial charge >= 0.3 is 0 Å². The molecular formula is C16H20IN. The topological polar surface area (TPSA) is 12.4 Å². The highest BCUT2D eigenvalue weighted by molar-refractivity contribution is 14.2. The molecule has 0 spiro atoms. The Kier molecular flexibility index (Phi) is 3.85. The molecule has 0 bridgehead atoms. The predicted octanol–water partition coefficient (Wildman–Crippen LogP) is 5.66. The Bertz CT molecular complexity index is 463. The second-order valence-electron chi connectivity index (χ2n) is 5.96. The van der Waals surface area contributed by atoms with Gasteiger partial charge in [-0.2, -0.15) is 0 Å². The zero-order valence-corrected chi connectivity index (χ0v) is 13.6. The predicted molar refractivity (Wildman–Crippen MR) is 87.6 cm³/mol. The number of nitrogens with zero attached hydrogens (tertiary/aromatic N) is 1. The van der Waals surface area contributed by atoms with Crippen LogP contribution in [0.3, 0.4) is 0 Å². The quantitative estimate of drug-likeness (QED) is 0.540. The summed E-state index contributed by atoms with van der Waals surface area (Å²) in [6.45, 7) is 8.93. The van der Waals surface area contributed by atoms with Crippen molar-refractivity contribution in [2.45, 2.75) is 27.7 Å². The fourth-order valence-electron chi connectivity index (χ4n) is 1.95. The minimum Gasteiger partial charge on any atom is -0.222 e. The molecule has 0 aromatic heterocycles. The van der Waals surface area contributed by atoms with Crippen LogP contribution < -0.4 is 0 Å². The minimum atomic E-state index is -0.199. The second-order valence-corrected chi connectivity index (χ2v) is 7.72. The summed E-state index contributed by atoms with van der Waals surface area (Å²) >= 11 is -0.199. The van der Waals surface area contributed by atoms with E-state index >= 15 is 0 Å². The summed E-state index contributed by atoms with van der Waals surface area (Å²) in [4.78, 5) is 0. The molecule has 0 aromatic carbocycles. The number of rotatable bonds is 1. The summed E-state index contributed by atoms with van der Waals surface area (Å²) in [6, 6.07) is 0. The van der Waals surface area contributed by atoms with Gasteiger partial charge in [-0.05, 0) is 15.7 Å². The Labute approximate surface area is 120 Å². The molecule has 0 saturated heterocycles. The van der Waals surface area contributed by atoms with E-state index in [-0.39, 0.29) is 31.9 Å². The highest BCUT2D eigenvalue weighted by Crippen LogP contribution is 2.34. The summed E-state index contributed by atoms with van der Waals surface area (Å²) in [5.74, 6) is 0. The first-order chi connectivity index (χ1) is 8.38. The van der Waals surface area contributed by atoms with Crippen LogP contribution in [0.15, 0.2) is 61.0 Å². The maximum absolute atomic E-state index is 4.79. The third kappa shape index (κ3) is 3.61. The van der Waals surface area contributed by atoms with Gasteiger partial charge in [-0.3, -0.25) is 0 Å². The molecule has 1 heterocycles. The molecule has 2 rings (SSSR count). The summed E-state index contributed by atoms with van der Waals surface area (Å²) in [5.41, 5.74) is 2.61. The molecule has 0 N–H and O–H groups in total. The number of hydrogen-bond acceptors (Lipinski definition) is 1. The molecule has 0 atom stereocenters. The highest BCUT2D eigenvalue weighted by atomic mass is 127. The highest BCUT2D eigenvalue weighted by Gasteiger charge is 2.18. The van der Waals surface area contributed by atoms with Crippen LogP contribution in [-0.4, -0.2) is 0 Å². The molecule has 1 aliphatic carbocycles. The van der Waals surface area contributed by atoms with Crippen LogP contribution in [-0.2, 0) is 0 Å². The van der Waals surface area contributed by atoms with Gasteiger partial charge < -0.3 is 0 Å². The van der Waals surface area contributed by atoms with Gasteiger partial charge in [0.15, 0.2) is 0 Å². The zero-order valence-electron chi connectivity index (χ0n) is 11.4. The number of allylic oxidation sites excluding steroid dienone is 7. The maximum atomic E-state index is 4.79. The normalized spacial score (nSPS) is 24.7. The van der Waals surface area contributed by atoms with Crippen LogP contribution in [0.4, 0.5) is 0 Å². The molecule has 0 radical (unpaired) electrons. The van der Waals surface area contributed by atoms with Crippen LogP contribution in [0.5, 0.6) is 0 Å². The van der Waals surface area contributed by atoms with Crippen molar-refractivity contribution in [1.82, 2.24) is 0 Å². The van der Waals surface area contributed by atoms with Gasteiger partial charge in [0, 0.05) is 31.9 Å². The first kappa shape index (κ1) is 13.7. The Balaban J connectivity index is 2.43. The van der Waals surface area contributed by atoms with E-state index in [0.29, 0.717) is 0 Å². The van der Waals surface area contributed by atoms with E-state index in [9.17, 15) is 0 Å². The fraction of sp³-hybridized carbons (Fsp3) is 0.375. The summed E-state index contributed by atoms with van der Waals surface area (Å²) in [7, 11) is 0. The minimum absolute atomic E-state index is 0.0946. The van der Waals surface area contributed by atoms with Crippen molar-refractivity contribution >= 4 is 21.0 Å². The lowest BCUT2D eigenvalue weighted by Gasteiger charge is -2.18. The van der Waals surface area contributed by atoms with Crippen molar-refractivity contribution in [3.8, 4) is 0 Å². The van der Waals surface area contributed by atoms with Crippen molar-refractivity contribution in [1.29, 1.82) is 0 Å². The second kappa shape index (κ2) is 5.08. The van der Waals surface area contributed by atoms with Gasteiger partial charge in [-0.15, -0.1) is 0 Å². The van der Waals surface area contributed by atoms with Gasteiger partial charge in [0.25, 0.3) is 0 Å². The lowest BCUT2D eigenvalue weighted by molar-refractivity contribution is 0.616. The molecule has 1 aliphatic heterocycles.